The number of rotatable bonds is 3. The van der Waals surface area contributed by atoms with Crippen molar-refractivity contribution in [2.45, 2.75) is 0 Å². The molecule has 0 unspecified atom stereocenters. The molecule has 2 aromatic carbocycles. The second kappa shape index (κ2) is 6.95. The molecule has 0 radical (unpaired) electrons. The Hall–Kier alpha value is -3.02. The van der Waals surface area contributed by atoms with Crippen molar-refractivity contribution in [2.24, 2.45) is 0 Å². The molecule has 1 aliphatic rings. The second-order valence-corrected chi connectivity index (χ2v) is 6.62. The van der Waals surface area contributed by atoms with Gasteiger partial charge in [0.1, 0.15) is 17.1 Å². The zero-order valence-corrected chi connectivity index (χ0v) is 15.3. The average molecular weight is 399 g/mol. The molecule has 5 nitrogen and oxygen atoms in total. The number of carbonyl (C=O) groups is 2. The molecule has 1 N–H and O–H groups in total. The van der Waals surface area contributed by atoms with Crippen molar-refractivity contribution >= 4 is 46.8 Å². The molecule has 1 aromatic heterocycles. The van der Waals surface area contributed by atoms with Crippen LogP contribution in [-0.2, 0) is 9.59 Å². The van der Waals surface area contributed by atoms with Crippen molar-refractivity contribution in [1.29, 1.82) is 0 Å². The van der Waals surface area contributed by atoms with Crippen LogP contribution in [0, 0.1) is 0 Å². The van der Waals surface area contributed by atoms with Gasteiger partial charge in [-0.15, -0.1) is 0 Å². The summed E-state index contributed by atoms with van der Waals surface area (Å²) in [4.78, 5) is 24.8. The summed E-state index contributed by atoms with van der Waals surface area (Å²) in [6.45, 7) is 0. The molecule has 27 heavy (non-hydrogen) atoms. The highest BCUT2D eigenvalue weighted by molar-refractivity contribution is 6.42. The van der Waals surface area contributed by atoms with E-state index in [9.17, 15) is 9.59 Å². The number of hydrogen-bond donors (Lipinski definition) is 1. The van der Waals surface area contributed by atoms with Crippen LogP contribution < -0.4 is 10.4 Å². The monoisotopic (exact) mass is 398 g/mol. The highest BCUT2D eigenvalue weighted by atomic mass is 35.5. The molecule has 0 bridgehead atoms. The van der Waals surface area contributed by atoms with Gasteiger partial charge in [-0.2, -0.15) is 0 Å². The smallest absolute Gasteiger partial charge is 0.282 e. The number of hydrogen-bond acceptors (Lipinski definition) is 3. The van der Waals surface area contributed by atoms with Crippen molar-refractivity contribution in [3.63, 3.8) is 0 Å². The number of carbonyl (C=O) groups excluding carboxylic acids is 2. The lowest BCUT2D eigenvalue weighted by Crippen LogP contribution is -2.35. The molecule has 0 spiro atoms. The summed E-state index contributed by atoms with van der Waals surface area (Å²) in [5.41, 5.74) is 3.86. The van der Waals surface area contributed by atoms with Crippen molar-refractivity contribution in [3.05, 3.63) is 82.0 Å². The third kappa shape index (κ3) is 3.35. The minimum Gasteiger partial charge on any atom is -0.457 e. The molecule has 0 aliphatic carbocycles. The number of nitrogens with zero attached hydrogens (tertiary/aromatic N) is 1. The fourth-order valence-electron chi connectivity index (χ4n) is 2.69. The highest BCUT2D eigenvalue weighted by Gasteiger charge is 2.34. The van der Waals surface area contributed by atoms with Gasteiger partial charge >= 0.3 is 0 Å². The number of anilines is 1. The molecule has 3 aromatic rings. The van der Waals surface area contributed by atoms with E-state index in [0.29, 0.717) is 27.3 Å². The van der Waals surface area contributed by atoms with Crippen LogP contribution in [-0.4, -0.2) is 11.8 Å². The molecular weight excluding hydrogens is 387 g/mol. The highest BCUT2D eigenvalue weighted by Crippen LogP contribution is 2.30. The predicted octanol–water partition coefficient (Wildman–Crippen LogP) is 4.71. The normalized spacial score (nSPS) is 15.5. The molecule has 0 saturated carbocycles. The fourth-order valence-corrected chi connectivity index (χ4v) is 2.99. The Morgan fingerprint density at radius 3 is 2.44 bits per heavy atom. The summed E-state index contributed by atoms with van der Waals surface area (Å²) in [6, 6.07) is 17.4. The van der Waals surface area contributed by atoms with E-state index in [2.05, 4.69) is 5.43 Å². The Morgan fingerprint density at radius 1 is 0.926 bits per heavy atom. The zero-order valence-electron chi connectivity index (χ0n) is 13.8. The van der Waals surface area contributed by atoms with E-state index in [1.165, 1.54) is 11.1 Å². The fraction of sp³-hybridized carbons (Fsp3) is 0. The van der Waals surface area contributed by atoms with Gasteiger partial charge in [0.25, 0.3) is 11.8 Å². The lowest BCUT2D eigenvalue weighted by Gasteiger charge is -2.13. The number of benzene rings is 2. The lowest BCUT2D eigenvalue weighted by molar-refractivity contribution is -0.117. The molecule has 2 amide bonds. The molecule has 0 atom stereocenters. The van der Waals surface area contributed by atoms with Crippen LogP contribution in [0.3, 0.4) is 0 Å². The third-order valence-electron chi connectivity index (χ3n) is 4.02. The van der Waals surface area contributed by atoms with Crippen LogP contribution in [0.5, 0.6) is 0 Å². The van der Waals surface area contributed by atoms with Crippen molar-refractivity contribution in [2.75, 3.05) is 5.01 Å². The summed E-state index contributed by atoms with van der Waals surface area (Å²) >= 11 is 12.0. The number of nitrogens with one attached hydrogen (secondary N) is 1. The van der Waals surface area contributed by atoms with Gasteiger partial charge in [-0.05, 0) is 48.5 Å². The standard InChI is InChI=1S/C20H12Cl2N2O3/c21-16-8-6-12(10-17(16)22)18-9-7-14(27-18)11-15-19(25)23-24(20(15)26)13-4-2-1-3-5-13/h1-11H,(H,23,25). The van der Waals surface area contributed by atoms with Gasteiger partial charge in [0, 0.05) is 5.56 Å². The molecule has 4 rings (SSSR count). The molecule has 134 valence electrons. The van der Waals surface area contributed by atoms with Crippen LogP contribution in [0.4, 0.5) is 5.69 Å². The minimum absolute atomic E-state index is 0.00566. The number of halogens is 2. The predicted molar refractivity (Wildman–Crippen MR) is 104 cm³/mol. The van der Waals surface area contributed by atoms with Gasteiger partial charge in [-0.3, -0.25) is 15.0 Å². The van der Waals surface area contributed by atoms with E-state index in [4.69, 9.17) is 27.6 Å². The summed E-state index contributed by atoms with van der Waals surface area (Å²) in [7, 11) is 0. The Kier molecular flexibility index (Phi) is 4.48. The summed E-state index contributed by atoms with van der Waals surface area (Å²) < 4.78 is 5.74. The molecule has 1 fully saturated rings. The van der Waals surface area contributed by atoms with Gasteiger partial charge in [-0.25, -0.2) is 5.01 Å². The van der Waals surface area contributed by atoms with Crippen LogP contribution in [0.2, 0.25) is 10.0 Å². The Morgan fingerprint density at radius 2 is 1.70 bits per heavy atom. The lowest BCUT2D eigenvalue weighted by atomic mass is 10.2. The van der Waals surface area contributed by atoms with E-state index >= 15 is 0 Å². The van der Waals surface area contributed by atoms with Crippen molar-refractivity contribution in [1.82, 2.24) is 5.43 Å². The van der Waals surface area contributed by atoms with E-state index < -0.39 is 11.8 Å². The first kappa shape index (κ1) is 17.4. The van der Waals surface area contributed by atoms with Gasteiger partial charge in [-0.1, -0.05) is 41.4 Å². The molecule has 7 heteroatoms. The summed E-state index contributed by atoms with van der Waals surface area (Å²) in [6.07, 6.45) is 1.42. The van der Waals surface area contributed by atoms with E-state index in [1.807, 2.05) is 6.07 Å². The molecule has 1 saturated heterocycles. The quantitative estimate of drug-likeness (QED) is 0.512. The van der Waals surface area contributed by atoms with E-state index in [1.54, 1.807) is 54.6 Å². The first-order valence-corrected chi connectivity index (χ1v) is 8.76. The number of para-hydroxylation sites is 1. The third-order valence-corrected chi connectivity index (χ3v) is 4.76. The maximum atomic E-state index is 12.6. The van der Waals surface area contributed by atoms with Crippen LogP contribution in [0.15, 0.2) is 70.7 Å². The van der Waals surface area contributed by atoms with Gasteiger partial charge in [0.2, 0.25) is 0 Å². The van der Waals surface area contributed by atoms with E-state index in [-0.39, 0.29) is 5.57 Å². The maximum Gasteiger partial charge on any atom is 0.282 e. The molecule has 1 aliphatic heterocycles. The van der Waals surface area contributed by atoms with Crippen LogP contribution in [0.1, 0.15) is 5.76 Å². The van der Waals surface area contributed by atoms with Crippen LogP contribution >= 0.6 is 23.2 Å². The van der Waals surface area contributed by atoms with Crippen LogP contribution in [0.25, 0.3) is 17.4 Å². The minimum atomic E-state index is -0.489. The molecule has 2 heterocycles. The van der Waals surface area contributed by atoms with Gasteiger partial charge in [0.15, 0.2) is 0 Å². The average Bonchev–Trinajstić information content (AvgIpc) is 3.25. The SMILES string of the molecule is O=C1NN(c2ccccc2)C(=O)C1=Cc1ccc(-c2ccc(Cl)c(Cl)c2)o1. The summed E-state index contributed by atoms with van der Waals surface area (Å²) in [5, 5.41) is 2.06. The Bertz CT molecular complexity index is 1070. The first-order chi connectivity index (χ1) is 13.0. The number of amides is 2. The zero-order chi connectivity index (χ0) is 19.0. The first-order valence-electron chi connectivity index (χ1n) is 8.00. The number of furan rings is 1. The number of hydrazine groups is 1. The van der Waals surface area contributed by atoms with Crippen molar-refractivity contribution < 1.29 is 14.0 Å². The second-order valence-electron chi connectivity index (χ2n) is 5.81. The van der Waals surface area contributed by atoms with Gasteiger partial charge in [0.05, 0.1) is 15.7 Å². The summed E-state index contributed by atoms with van der Waals surface area (Å²) in [5.74, 6) is -0.00861. The Labute approximate surface area is 164 Å². The Balaban J connectivity index is 1.62. The van der Waals surface area contributed by atoms with Gasteiger partial charge < -0.3 is 4.42 Å². The maximum absolute atomic E-state index is 12.6. The topological polar surface area (TPSA) is 62.6 Å². The van der Waals surface area contributed by atoms with E-state index in [0.717, 1.165) is 5.56 Å². The largest absolute Gasteiger partial charge is 0.457 e. The van der Waals surface area contributed by atoms with Crippen molar-refractivity contribution in [3.8, 4) is 11.3 Å². The molecular formula is C20H12Cl2N2O3.